The minimum Gasteiger partial charge on any atom is -0.657 e. The van der Waals surface area contributed by atoms with Crippen molar-refractivity contribution in [2.75, 3.05) is 0 Å². The molecule has 0 fully saturated rings. The van der Waals surface area contributed by atoms with E-state index in [9.17, 15) is 62.3 Å². The maximum atomic E-state index is 15.8. The van der Waals surface area contributed by atoms with E-state index >= 15 is 35.1 Å². The molecule has 29 heteroatoms. The summed E-state index contributed by atoms with van der Waals surface area (Å²) in [5.41, 5.74) is -30.0. The Morgan fingerprint density at radius 3 is 0.727 bits per heavy atom. The first-order valence-corrected chi connectivity index (χ1v) is 21.0. The van der Waals surface area contributed by atoms with Crippen molar-refractivity contribution in [1.29, 1.82) is 0 Å². The third-order valence-corrected chi connectivity index (χ3v) is 11.2. The molecule has 0 atom stereocenters. The fourth-order valence-electron chi connectivity index (χ4n) is 7.65. The van der Waals surface area contributed by atoms with Gasteiger partial charge in [0.25, 0.3) is 0 Å². The first kappa shape index (κ1) is 56.9. The second-order valence-electron chi connectivity index (χ2n) is 15.7. The smallest absolute Gasteiger partial charge is 0.657 e. The standard InChI is InChI=1S/C42H6F20N4O4.C6H14.Pt/c43-17-13(18(44)26(52)33(59)25(17)51)9-5-1-3-7(63-5)11(15-21(47)29(55)35(61)30(56)22(15)48)39-66-38(42(68)69-39)10(14-19(45)27(53)34(60)28(54)20(14)46)6-2-4-8(64-6)12(40-65-37(9)41(67)70-40)16-23(49)31(57)36(62)32(58)24(16)50;1-3-5-6-4-2;/h1-4H,(H2-2,63,64,65,66,67,68);3-6H2,1-2H3;/q-2;;+4/p-2. The van der Waals surface area contributed by atoms with E-state index in [-0.39, 0.29) is 33.2 Å². The average molecular weight is 1290 g/mol. The number of rotatable bonds is 7. The van der Waals surface area contributed by atoms with Crippen molar-refractivity contribution in [3.05, 3.63) is 228 Å². The zero-order valence-electron chi connectivity index (χ0n) is 37.4. The molecule has 77 heavy (non-hydrogen) atoms. The van der Waals surface area contributed by atoms with Crippen LogP contribution in [0.5, 0.6) is 0 Å². The monoisotopic (exact) mass is 1290 g/mol. The van der Waals surface area contributed by atoms with Crippen molar-refractivity contribution >= 4 is 22.3 Å². The number of nitrogens with zero attached hydrogens (tertiary/aromatic N) is 4. The van der Waals surface area contributed by atoms with Crippen LogP contribution < -0.4 is 53.0 Å². The average Bonchev–Trinajstić information content (AvgIpc) is 4.24. The van der Waals surface area contributed by atoms with Crippen molar-refractivity contribution in [2.24, 2.45) is 0 Å². The van der Waals surface area contributed by atoms with Crippen LogP contribution in [0.1, 0.15) is 84.6 Å². The summed E-state index contributed by atoms with van der Waals surface area (Å²) in [6.07, 6.45) is 5.54. The summed E-state index contributed by atoms with van der Waals surface area (Å²) in [5.74, 6) is -56.9. The van der Waals surface area contributed by atoms with E-state index in [0.717, 1.165) is 0 Å². The van der Waals surface area contributed by atoms with Gasteiger partial charge in [-0.1, -0.05) is 63.8 Å². The maximum Gasteiger partial charge on any atom is 4.00 e. The van der Waals surface area contributed by atoms with Crippen LogP contribution in [0.4, 0.5) is 87.8 Å². The molecule has 4 aromatic heterocycles. The molecule has 0 saturated heterocycles. The molecule has 1 aliphatic heterocycles. The fourth-order valence-corrected chi connectivity index (χ4v) is 7.65. The molecule has 0 spiro atoms. The van der Waals surface area contributed by atoms with E-state index in [1.54, 1.807) is 0 Å². The van der Waals surface area contributed by atoms with Gasteiger partial charge in [-0.2, -0.15) is 0 Å². The van der Waals surface area contributed by atoms with Crippen molar-refractivity contribution in [3.8, 4) is 0 Å². The van der Waals surface area contributed by atoms with Crippen LogP contribution in [0.25, 0.3) is 22.3 Å². The Bertz CT molecular complexity index is 3790. The SMILES string of the molecule is CCCCCC.O=c1o/c2[n-]/c1=C(/c1c(F)c(F)c(F)c(F)c1F)c1ccc([n-]1)/C(c1c(F)c(F)c(F)c(F)c1F)=c1\[n-]/c(c(=O)o1)=C(/c1c(F)c(F)c(F)c(F)c1F)c1ccc([n-]1)\C=2c1c(F)c(F)c(F)c(F)c1F.[Pt+4]. The number of fused-ring (bicyclic) bond motifs is 8. The first-order valence-electron chi connectivity index (χ1n) is 21.0. The van der Waals surface area contributed by atoms with E-state index in [0.29, 0.717) is 12.1 Å². The van der Waals surface area contributed by atoms with Crippen LogP contribution in [-0.4, -0.2) is 0 Å². The molecule has 8 bridgehead atoms. The van der Waals surface area contributed by atoms with Gasteiger partial charge in [0, 0.05) is 11.1 Å². The van der Waals surface area contributed by atoms with E-state index in [2.05, 4.69) is 33.8 Å². The molecular formula is C48H18F20N4O4Pt. The zero-order chi connectivity index (χ0) is 55.8. The molecule has 404 valence electrons. The molecule has 5 heterocycles. The Hall–Kier alpha value is -7.77. The Balaban J connectivity index is 0.00000116. The van der Waals surface area contributed by atoms with E-state index in [4.69, 9.17) is 8.83 Å². The van der Waals surface area contributed by atoms with E-state index in [1.807, 2.05) is 0 Å². The van der Waals surface area contributed by atoms with Gasteiger partial charge in [0.05, 0.1) is 22.3 Å². The molecule has 1 aliphatic rings. The number of unbranched alkanes of at least 4 members (excludes halogenated alkanes) is 3. The third-order valence-electron chi connectivity index (χ3n) is 11.2. The summed E-state index contributed by atoms with van der Waals surface area (Å²) in [6, 6.07) is 1.15. The van der Waals surface area contributed by atoms with Crippen molar-refractivity contribution < 1.29 is 118 Å². The summed E-state index contributed by atoms with van der Waals surface area (Å²) in [5, 5.41) is -3.65. The predicted octanol–water partition coefficient (Wildman–Crippen LogP) is 8.09. The van der Waals surface area contributed by atoms with Crippen molar-refractivity contribution in [3.63, 3.8) is 0 Å². The molecular weight excluding hydrogens is 1270 g/mol. The minimum atomic E-state index is -2.89. The third kappa shape index (κ3) is 9.11. The number of halogens is 20. The van der Waals surface area contributed by atoms with Crippen LogP contribution in [-0.2, 0) is 21.1 Å². The second-order valence-corrected chi connectivity index (χ2v) is 15.7. The number of hydrogen-bond donors (Lipinski definition) is 0. The fraction of sp³-hybridized carbons (Fsp3) is 0.125. The number of aromatic nitrogens is 4. The number of benzene rings is 4. The van der Waals surface area contributed by atoms with Gasteiger partial charge in [-0.05, 0) is 33.0 Å². The Morgan fingerprint density at radius 2 is 0.506 bits per heavy atom. The van der Waals surface area contributed by atoms with Gasteiger partial charge < -0.3 is 28.8 Å². The Labute approximate surface area is 426 Å². The summed E-state index contributed by atoms with van der Waals surface area (Å²) >= 11 is 0. The molecule has 0 unspecified atom stereocenters. The van der Waals surface area contributed by atoms with Crippen LogP contribution in [0.15, 0.2) is 42.7 Å². The molecule has 0 radical (unpaired) electrons. The Kier molecular flexibility index (Phi) is 15.8. The van der Waals surface area contributed by atoms with Crippen LogP contribution in [0, 0.1) is 116 Å². The molecule has 0 amide bonds. The molecule has 0 aliphatic carbocycles. The summed E-state index contributed by atoms with van der Waals surface area (Å²) < 4.78 is 312. The number of hydrogen-bond acceptors (Lipinski definition) is 4. The maximum absolute atomic E-state index is 15.8. The van der Waals surface area contributed by atoms with Crippen LogP contribution in [0.3, 0.4) is 0 Å². The topological polar surface area (TPSA) is 117 Å². The molecule has 8 nitrogen and oxygen atoms in total. The van der Waals surface area contributed by atoms with Gasteiger partial charge in [-0.3, -0.25) is 0 Å². The number of oxazole rings is 2. The normalized spacial score (nSPS) is 15.2. The van der Waals surface area contributed by atoms with Crippen molar-refractivity contribution in [2.45, 2.75) is 39.5 Å². The molecule has 9 rings (SSSR count). The predicted molar refractivity (Wildman–Crippen MR) is 216 cm³/mol. The van der Waals surface area contributed by atoms with Gasteiger partial charge in [0.15, 0.2) is 93.1 Å². The van der Waals surface area contributed by atoms with Gasteiger partial charge in [-0.25, -0.2) is 97.4 Å². The zero-order valence-corrected chi connectivity index (χ0v) is 39.7. The Morgan fingerprint density at radius 1 is 0.312 bits per heavy atom. The van der Waals surface area contributed by atoms with E-state index < -0.39 is 217 Å². The van der Waals surface area contributed by atoms with Gasteiger partial charge in [-0.15, -0.1) is 22.8 Å². The summed E-state index contributed by atoms with van der Waals surface area (Å²) in [6.45, 7) is 4.46. The molecule has 4 aromatic carbocycles. The molecule has 8 aromatic rings. The second kappa shape index (κ2) is 21.3. The molecule has 0 N–H and O–H groups in total. The summed E-state index contributed by atoms with van der Waals surface area (Å²) in [4.78, 5) is 41.6. The van der Waals surface area contributed by atoms with Crippen LogP contribution in [0.2, 0.25) is 0 Å². The van der Waals surface area contributed by atoms with Gasteiger partial charge >= 0.3 is 32.3 Å². The summed E-state index contributed by atoms with van der Waals surface area (Å²) in [7, 11) is 0. The minimum absolute atomic E-state index is 0. The largest absolute Gasteiger partial charge is 4.00 e. The van der Waals surface area contributed by atoms with Crippen molar-refractivity contribution in [1.82, 2.24) is 19.9 Å². The van der Waals surface area contributed by atoms with Gasteiger partial charge in [0.2, 0.25) is 23.3 Å². The van der Waals surface area contributed by atoms with Gasteiger partial charge in [0.1, 0.15) is 0 Å². The first-order chi connectivity index (χ1) is 35.8. The molecule has 0 saturated carbocycles. The van der Waals surface area contributed by atoms with E-state index in [1.165, 1.54) is 25.7 Å². The quantitative estimate of drug-likeness (QED) is 0.0681. The van der Waals surface area contributed by atoms with Crippen LogP contribution >= 0.6 is 0 Å².